The number of hydrogen-bond acceptors (Lipinski definition) is 4. The molecule has 6 heteroatoms. The zero-order valence-electron chi connectivity index (χ0n) is 13.9. The molecule has 0 spiro atoms. The SMILES string of the molecule is CN1CCN(c2nc(-c3ccccc3F)nc3ccc(Cl)cc23)CC1. The highest BCUT2D eigenvalue weighted by atomic mass is 35.5. The highest BCUT2D eigenvalue weighted by molar-refractivity contribution is 6.31. The number of aromatic nitrogens is 2. The fourth-order valence-corrected chi connectivity index (χ4v) is 3.28. The molecular formula is C19H18ClFN4. The van der Waals surface area contributed by atoms with Crippen LogP contribution in [0, 0.1) is 5.82 Å². The first-order valence-electron chi connectivity index (χ1n) is 8.27. The topological polar surface area (TPSA) is 32.3 Å². The predicted octanol–water partition coefficient (Wildman–Crippen LogP) is 3.84. The molecule has 1 fully saturated rings. The molecule has 0 unspecified atom stereocenters. The Balaban J connectivity index is 1.89. The van der Waals surface area contributed by atoms with E-state index in [4.69, 9.17) is 16.6 Å². The van der Waals surface area contributed by atoms with E-state index in [9.17, 15) is 4.39 Å². The average Bonchev–Trinajstić information content (AvgIpc) is 2.62. The molecule has 2 heterocycles. The third-order valence-corrected chi connectivity index (χ3v) is 4.79. The van der Waals surface area contributed by atoms with Crippen molar-refractivity contribution in [1.29, 1.82) is 0 Å². The predicted molar refractivity (Wildman–Crippen MR) is 99.7 cm³/mol. The Bertz CT molecular complexity index is 922. The molecule has 4 nitrogen and oxygen atoms in total. The van der Waals surface area contributed by atoms with Crippen molar-refractivity contribution >= 4 is 28.3 Å². The van der Waals surface area contributed by atoms with Gasteiger partial charge in [0.2, 0.25) is 0 Å². The first-order chi connectivity index (χ1) is 12.1. The quantitative estimate of drug-likeness (QED) is 0.698. The van der Waals surface area contributed by atoms with Crippen LogP contribution >= 0.6 is 11.6 Å². The van der Waals surface area contributed by atoms with Gasteiger partial charge in [-0.25, -0.2) is 14.4 Å². The Morgan fingerprint density at radius 1 is 1.00 bits per heavy atom. The summed E-state index contributed by atoms with van der Waals surface area (Å²) in [6, 6.07) is 12.2. The Morgan fingerprint density at radius 3 is 2.52 bits per heavy atom. The number of halogens is 2. The van der Waals surface area contributed by atoms with Gasteiger partial charge in [0, 0.05) is 36.6 Å². The van der Waals surface area contributed by atoms with E-state index in [-0.39, 0.29) is 5.82 Å². The Hall–Kier alpha value is -2.24. The zero-order chi connectivity index (χ0) is 17.4. The molecule has 25 heavy (non-hydrogen) atoms. The van der Waals surface area contributed by atoms with Gasteiger partial charge in [-0.2, -0.15) is 0 Å². The van der Waals surface area contributed by atoms with Crippen LogP contribution in [0.2, 0.25) is 5.02 Å². The summed E-state index contributed by atoms with van der Waals surface area (Å²) in [5.41, 5.74) is 1.18. The van der Waals surface area contributed by atoms with Gasteiger partial charge in [0.25, 0.3) is 0 Å². The van der Waals surface area contributed by atoms with Crippen LogP contribution in [0.25, 0.3) is 22.3 Å². The number of rotatable bonds is 2. The minimum atomic E-state index is -0.319. The molecule has 2 aromatic carbocycles. The number of likely N-dealkylation sites (N-methyl/N-ethyl adjacent to an activating group) is 1. The van der Waals surface area contributed by atoms with Crippen molar-refractivity contribution in [2.24, 2.45) is 0 Å². The van der Waals surface area contributed by atoms with Crippen molar-refractivity contribution < 1.29 is 4.39 Å². The van der Waals surface area contributed by atoms with Gasteiger partial charge in [0.1, 0.15) is 11.6 Å². The second-order valence-corrected chi connectivity index (χ2v) is 6.74. The van der Waals surface area contributed by atoms with Gasteiger partial charge < -0.3 is 9.80 Å². The number of benzene rings is 2. The summed E-state index contributed by atoms with van der Waals surface area (Å²) < 4.78 is 14.2. The largest absolute Gasteiger partial charge is 0.353 e. The van der Waals surface area contributed by atoms with Crippen LogP contribution < -0.4 is 4.90 Å². The Labute approximate surface area is 150 Å². The molecule has 0 bridgehead atoms. The van der Waals surface area contributed by atoms with Gasteiger partial charge in [-0.05, 0) is 37.4 Å². The van der Waals surface area contributed by atoms with Crippen LogP contribution in [0.5, 0.6) is 0 Å². The second-order valence-electron chi connectivity index (χ2n) is 6.30. The molecule has 0 N–H and O–H groups in total. The smallest absolute Gasteiger partial charge is 0.165 e. The van der Waals surface area contributed by atoms with E-state index in [0.29, 0.717) is 16.4 Å². The summed E-state index contributed by atoms with van der Waals surface area (Å²) in [4.78, 5) is 13.8. The number of nitrogens with zero attached hydrogens (tertiary/aromatic N) is 4. The van der Waals surface area contributed by atoms with Crippen LogP contribution in [0.1, 0.15) is 0 Å². The normalized spacial score (nSPS) is 15.7. The van der Waals surface area contributed by atoms with Crippen molar-refractivity contribution in [2.75, 3.05) is 38.1 Å². The Kier molecular flexibility index (Phi) is 4.27. The molecule has 0 saturated carbocycles. The van der Waals surface area contributed by atoms with Crippen LogP contribution in [-0.2, 0) is 0 Å². The van der Waals surface area contributed by atoms with Gasteiger partial charge in [-0.15, -0.1) is 0 Å². The van der Waals surface area contributed by atoms with Gasteiger partial charge >= 0.3 is 0 Å². The van der Waals surface area contributed by atoms with Gasteiger partial charge in [-0.3, -0.25) is 0 Å². The summed E-state index contributed by atoms with van der Waals surface area (Å²) in [7, 11) is 2.11. The maximum atomic E-state index is 14.2. The molecule has 0 radical (unpaired) electrons. The molecule has 4 rings (SSSR count). The van der Waals surface area contributed by atoms with Crippen molar-refractivity contribution in [3.63, 3.8) is 0 Å². The summed E-state index contributed by atoms with van der Waals surface area (Å²) in [5, 5.41) is 1.54. The molecular weight excluding hydrogens is 339 g/mol. The highest BCUT2D eigenvalue weighted by Crippen LogP contribution is 2.31. The van der Waals surface area contributed by atoms with Crippen LogP contribution in [0.4, 0.5) is 10.2 Å². The van der Waals surface area contributed by atoms with Crippen LogP contribution in [0.3, 0.4) is 0 Å². The maximum absolute atomic E-state index is 14.2. The molecule has 128 valence electrons. The Morgan fingerprint density at radius 2 is 1.76 bits per heavy atom. The van der Waals surface area contributed by atoms with Gasteiger partial charge in [0.15, 0.2) is 5.82 Å². The average molecular weight is 357 g/mol. The molecule has 3 aromatic rings. The lowest BCUT2D eigenvalue weighted by Gasteiger charge is -2.34. The molecule has 0 atom stereocenters. The highest BCUT2D eigenvalue weighted by Gasteiger charge is 2.20. The second kappa shape index (κ2) is 6.58. The fourth-order valence-electron chi connectivity index (χ4n) is 3.11. The van der Waals surface area contributed by atoms with E-state index in [0.717, 1.165) is 42.9 Å². The van der Waals surface area contributed by atoms with Crippen LogP contribution in [0.15, 0.2) is 42.5 Å². The molecule has 1 saturated heterocycles. The fraction of sp³-hybridized carbons (Fsp3) is 0.263. The van der Waals surface area contributed by atoms with Crippen molar-refractivity contribution in [3.8, 4) is 11.4 Å². The van der Waals surface area contributed by atoms with E-state index in [1.54, 1.807) is 24.3 Å². The summed E-state index contributed by atoms with van der Waals surface area (Å²) in [6.07, 6.45) is 0. The third kappa shape index (κ3) is 3.17. The van der Waals surface area contributed by atoms with Crippen molar-refractivity contribution in [1.82, 2.24) is 14.9 Å². The zero-order valence-corrected chi connectivity index (χ0v) is 14.7. The van der Waals surface area contributed by atoms with E-state index in [1.165, 1.54) is 6.07 Å². The first-order valence-corrected chi connectivity index (χ1v) is 8.65. The molecule has 1 aliphatic heterocycles. The molecule has 0 aliphatic carbocycles. The standard InChI is InChI=1S/C19H18ClFN4/c1-24-8-10-25(11-9-24)19-15-12-13(20)6-7-17(15)22-18(23-19)14-4-2-3-5-16(14)21/h2-7,12H,8-11H2,1H3. The maximum Gasteiger partial charge on any atom is 0.165 e. The lowest BCUT2D eigenvalue weighted by molar-refractivity contribution is 0.312. The van der Waals surface area contributed by atoms with Crippen molar-refractivity contribution in [2.45, 2.75) is 0 Å². The monoisotopic (exact) mass is 356 g/mol. The lowest BCUT2D eigenvalue weighted by atomic mass is 10.1. The minimum absolute atomic E-state index is 0.319. The first kappa shape index (κ1) is 16.2. The van der Waals surface area contributed by atoms with Gasteiger partial charge in [-0.1, -0.05) is 23.7 Å². The summed E-state index contributed by atoms with van der Waals surface area (Å²) >= 11 is 6.19. The van der Waals surface area contributed by atoms with E-state index >= 15 is 0 Å². The minimum Gasteiger partial charge on any atom is -0.353 e. The summed E-state index contributed by atoms with van der Waals surface area (Å²) in [6.45, 7) is 3.65. The number of piperazine rings is 1. The number of hydrogen-bond donors (Lipinski definition) is 0. The number of fused-ring (bicyclic) bond motifs is 1. The summed E-state index contributed by atoms with van der Waals surface area (Å²) in [5.74, 6) is 0.904. The molecule has 0 amide bonds. The van der Waals surface area contributed by atoms with E-state index in [2.05, 4.69) is 21.8 Å². The molecule has 1 aliphatic rings. The number of anilines is 1. The van der Waals surface area contributed by atoms with Crippen LogP contribution in [-0.4, -0.2) is 48.1 Å². The third-order valence-electron chi connectivity index (χ3n) is 4.56. The van der Waals surface area contributed by atoms with Crippen molar-refractivity contribution in [3.05, 3.63) is 53.3 Å². The van der Waals surface area contributed by atoms with E-state index in [1.807, 2.05) is 12.1 Å². The van der Waals surface area contributed by atoms with Gasteiger partial charge in [0.05, 0.1) is 11.1 Å². The van der Waals surface area contributed by atoms with E-state index < -0.39 is 0 Å². The molecule has 1 aromatic heterocycles. The lowest BCUT2D eigenvalue weighted by Crippen LogP contribution is -2.45.